The van der Waals surface area contributed by atoms with Gasteiger partial charge in [-0.2, -0.15) is 0 Å². The monoisotopic (exact) mass is 587 g/mol. The highest BCUT2D eigenvalue weighted by molar-refractivity contribution is 7.11. The van der Waals surface area contributed by atoms with Crippen LogP contribution in [0.1, 0.15) is 51.8 Å². The number of phenolic OH excluding ortho intramolecular Hbond substituents is 1. The molecular formula is C32H37N5O4S. The van der Waals surface area contributed by atoms with Crippen LogP contribution < -0.4 is 16.3 Å². The van der Waals surface area contributed by atoms with Crippen LogP contribution in [-0.4, -0.2) is 44.8 Å². The number of H-pyrrole nitrogens is 2. The van der Waals surface area contributed by atoms with E-state index in [1.807, 2.05) is 47.7 Å². The topological polar surface area (TPSA) is 139 Å². The zero-order valence-corrected chi connectivity index (χ0v) is 24.3. The fraction of sp³-hybridized carbons (Fsp3) is 0.375. The molecular weight excluding hydrogens is 550 g/mol. The summed E-state index contributed by atoms with van der Waals surface area (Å²) in [5, 5.41) is 28.6. The lowest BCUT2D eigenvalue weighted by molar-refractivity contribution is -0.0413. The molecule has 6 N–H and O–H groups in total. The second-order valence-corrected chi connectivity index (χ2v) is 12.3. The summed E-state index contributed by atoms with van der Waals surface area (Å²) in [4.78, 5) is 24.2. The molecule has 1 atom stereocenters. The average molecular weight is 588 g/mol. The number of aliphatic hydroxyl groups is 1. The number of phenols is 1. The van der Waals surface area contributed by atoms with Gasteiger partial charge in [-0.25, -0.2) is 9.78 Å². The van der Waals surface area contributed by atoms with E-state index in [0.29, 0.717) is 23.3 Å². The third kappa shape index (κ3) is 6.07. The lowest BCUT2D eigenvalue weighted by atomic mass is 9.69. The molecule has 6 rings (SSSR count). The van der Waals surface area contributed by atoms with Crippen LogP contribution in [0.3, 0.4) is 0 Å². The highest BCUT2D eigenvalue weighted by Crippen LogP contribution is 2.46. The van der Waals surface area contributed by atoms with Gasteiger partial charge in [0, 0.05) is 35.2 Å². The summed E-state index contributed by atoms with van der Waals surface area (Å²) in [5.74, 6) is 1.39. The van der Waals surface area contributed by atoms with E-state index in [2.05, 4.69) is 37.7 Å². The van der Waals surface area contributed by atoms with Gasteiger partial charge in [-0.05, 0) is 68.1 Å². The van der Waals surface area contributed by atoms with E-state index in [1.165, 1.54) is 9.75 Å². The van der Waals surface area contributed by atoms with Crippen molar-refractivity contribution in [1.82, 2.24) is 25.6 Å². The van der Waals surface area contributed by atoms with Crippen molar-refractivity contribution in [2.75, 3.05) is 19.6 Å². The highest BCUT2D eigenvalue weighted by Gasteiger charge is 2.46. The lowest BCUT2D eigenvalue weighted by Crippen LogP contribution is -2.40. The molecule has 220 valence electrons. The van der Waals surface area contributed by atoms with Crippen LogP contribution in [-0.2, 0) is 31.4 Å². The van der Waals surface area contributed by atoms with E-state index >= 15 is 0 Å². The van der Waals surface area contributed by atoms with Gasteiger partial charge in [-0.15, -0.1) is 11.3 Å². The Morgan fingerprint density at radius 1 is 0.929 bits per heavy atom. The van der Waals surface area contributed by atoms with Crippen LogP contribution >= 0.6 is 11.3 Å². The van der Waals surface area contributed by atoms with Crippen LogP contribution in [0.5, 0.6) is 5.75 Å². The van der Waals surface area contributed by atoms with Gasteiger partial charge in [0.25, 0.3) is 0 Å². The second-order valence-electron chi connectivity index (χ2n) is 11.0. The van der Waals surface area contributed by atoms with Crippen molar-refractivity contribution in [1.29, 1.82) is 0 Å². The number of aromatic amines is 2. The minimum atomic E-state index is -1.17. The number of hydrogen-bond donors (Lipinski definition) is 6. The number of oxazole rings is 1. The normalized spacial score (nSPS) is 15.2. The Morgan fingerprint density at radius 2 is 1.69 bits per heavy atom. The lowest BCUT2D eigenvalue weighted by Gasteiger charge is -2.39. The largest absolute Gasteiger partial charge is 0.506 e. The zero-order valence-electron chi connectivity index (χ0n) is 23.5. The summed E-state index contributed by atoms with van der Waals surface area (Å²) in [5.41, 5.74) is 1.48. The summed E-state index contributed by atoms with van der Waals surface area (Å²) in [6.07, 6.45) is 7.23. The standard InChI is InChI=1S/C32H37N5O4S/c38-27-12-9-21(28-29(27)37-31(39)36-28)13-16-33-18-15-25-10-11-26(42-25)20-34-17-14-24-19-35-30(41-24)32(40,23-7-4-8-23)22-5-2-1-3-6-22/h1-3,5-6,9-12,19,23,33-34,38,40H,4,7-8,13-18,20H2,(H2,36,37,39). The van der Waals surface area contributed by atoms with E-state index in [4.69, 9.17) is 4.42 Å². The number of benzene rings is 2. The molecule has 5 aromatic rings. The van der Waals surface area contributed by atoms with Gasteiger partial charge < -0.3 is 35.2 Å². The van der Waals surface area contributed by atoms with Crippen LogP contribution in [0.15, 0.2) is 70.0 Å². The van der Waals surface area contributed by atoms with E-state index < -0.39 is 5.60 Å². The fourth-order valence-corrected chi connectivity index (χ4v) is 6.64. The second kappa shape index (κ2) is 12.7. The van der Waals surface area contributed by atoms with Crippen LogP contribution in [0.25, 0.3) is 11.0 Å². The van der Waals surface area contributed by atoms with Gasteiger partial charge >= 0.3 is 5.69 Å². The van der Waals surface area contributed by atoms with Gasteiger partial charge in [0.05, 0.1) is 11.7 Å². The van der Waals surface area contributed by atoms with E-state index in [-0.39, 0.29) is 17.4 Å². The Balaban J connectivity index is 0.926. The molecule has 3 aromatic heterocycles. The highest BCUT2D eigenvalue weighted by atomic mass is 32.1. The van der Waals surface area contributed by atoms with Gasteiger partial charge in [0.1, 0.15) is 17.0 Å². The van der Waals surface area contributed by atoms with E-state index in [0.717, 1.165) is 75.2 Å². The van der Waals surface area contributed by atoms with Crippen molar-refractivity contribution >= 4 is 22.4 Å². The third-order valence-electron chi connectivity index (χ3n) is 8.22. The molecule has 3 heterocycles. The van der Waals surface area contributed by atoms with Crippen molar-refractivity contribution < 1.29 is 14.6 Å². The van der Waals surface area contributed by atoms with E-state index in [9.17, 15) is 15.0 Å². The first-order valence-corrected chi connectivity index (χ1v) is 15.5. The van der Waals surface area contributed by atoms with Crippen molar-refractivity contribution in [3.8, 4) is 5.75 Å². The number of fused-ring (bicyclic) bond motifs is 1. The molecule has 42 heavy (non-hydrogen) atoms. The maximum atomic E-state index is 11.7. The maximum absolute atomic E-state index is 11.7. The van der Waals surface area contributed by atoms with Crippen molar-refractivity contribution in [3.63, 3.8) is 0 Å². The first-order chi connectivity index (χ1) is 20.5. The molecule has 1 saturated carbocycles. The summed E-state index contributed by atoms with van der Waals surface area (Å²) in [6, 6.07) is 17.6. The van der Waals surface area contributed by atoms with Crippen LogP contribution in [0.4, 0.5) is 0 Å². The molecule has 1 aliphatic rings. The molecule has 0 bridgehead atoms. The number of nitrogens with zero attached hydrogens (tertiary/aromatic N) is 1. The number of nitrogens with one attached hydrogen (secondary N) is 4. The van der Waals surface area contributed by atoms with Crippen molar-refractivity contribution in [2.45, 2.75) is 50.7 Å². The zero-order chi connectivity index (χ0) is 28.9. The van der Waals surface area contributed by atoms with Crippen LogP contribution in [0.2, 0.25) is 0 Å². The van der Waals surface area contributed by atoms with Crippen molar-refractivity contribution in [2.24, 2.45) is 5.92 Å². The summed E-state index contributed by atoms with van der Waals surface area (Å²) in [7, 11) is 0. The first-order valence-electron chi connectivity index (χ1n) is 14.7. The molecule has 2 aromatic carbocycles. The quantitative estimate of drug-likeness (QED) is 0.106. The van der Waals surface area contributed by atoms with Crippen LogP contribution in [0, 0.1) is 5.92 Å². The Hall–Kier alpha value is -3.70. The number of imidazole rings is 1. The third-order valence-corrected chi connectivity index (χ3v) is 9.37. The SMILES string of the molecule is O=c1[nH]c2c(O)ccc(CCNCCc3ccc(CNCCc4cnc(C(O)(c5ccccc5)C5CCC5)o4)s3)c2[nH]1. The first kappa shape index (κ1) is 28.4. The molecule has 1 unspecified atom stereocenters. The average Bonchev–Trinajstić information content (AvgIpc) is 3.72. The summed E-state index contributed by atoms with van der Waals surface area (Å²) in [6.45, 7) is 3.19. The number of aromatic nitrogens is 3. The van der Waals surface area contributed by atoms with Gasteiger partial charge in [-0.3, -0.25) is 0 Å². The maximum Gasteiger partial charge on any atom is 0.323 e. The molecule has 0 radical (unpaired) electrons. The summed E-state index contributed by atoms with van der Waals surface area (Å²) < 4.78 is 6.10. The van der Waals surface area contributed by atoms with E-state index in [1.54, 1.807) is 12.3 Å². The Bertz CT molecular complexity index is 1670. The van der Waals surface area contributed by atoms with Gasteiger partial charge in [0.2, 0.25) is 5.89 Å². The molecule has 9 nitrogen and oxygen atoms in total. The molecule has 0 aliphatic heterocycles. The predicted molar refractivity (Wildman–Crippen MR) is 164 cm³/mol. The molecule has 1 aliphatic carbocycles. The Morgan fingerprint density at radius 3 is 2.50 bits per heavy atom. The molecule has 10 heteroatoms. The smallest absolute Gasteiger partial charge is 0.323 e. The number of rotatable bonds is 14. The van der Waals surface area contributed by atoms with Gasteiger partial charge in [-0.1, -0.05) is 42.8 Å². The molecule has 1 fully saturated rings. The molecule has 0 saturated heterocycles. The Labute approximate surface area is 248 Å². The number of aromatic hydroxyl groups is 1. The predicted octanol–water partition coefficient (Wildman–Crippen LogP) is 4.35. The number of thiophene rings is 1. The number of hydrogen-bond acceptors (Lipinski definition) is 8. The molecule has 0 amide bonds. The fourth-order valence-electron chi connectivity index (χ4n) is 5.66. The minimum absolute atomic E-state index is 0.0750. The van der Waals surface area contributed by atoms with Crippen molar-refractivity contribution in [3.05, 3.63) is 104 Å². The Kier molecular flexibility index (Phi) is 8.57. The minimum Gasteiger partial charge on any atom is -0.506 e. The summed E-state index contributed by atoms with van der Waals surface area (Å²) >= 11 is 1.81. The molecule has 0 spiro atoms. The van der Waals surface area contributed by atoms with Gasteiger partial charge in [0.15, 0.2) is 5.60 Å².